The third kappa shape index (κ3) is 5.53. The van der Waals surface area contributed by atoms with Gasteiger partial charge in [-0.1, -0.05) is 75.2 Å². The van der Waals surface area contributed by atoms with Crippen LogP contribution in [0.4, 0.5) is 17.1 Å². The van der Waals surface area contributed by atoms with Crippen molar-refractivity contribution < 1.29 is 19.1 Å². The monoisotopic (exact) mass is 749 g/mol. The van der Waals surface area contributed by atoms with Crippen LogP contribution in [-0.4, -0.2) is 36.9 Å². The summed E-state index contributed by atoms with van der Waals surface area (Å²) in [5.41, 5.74) is 2.41. The Bertz CT molecular complexity index is 1920. The van der Waals surface area contributed by atoms with E-state index in [9.17, 15) is 9.59 Å². The molecule has 240 valence electrons. The topological polar surface area (TPSA) is 71.4 Å². The highest BCUT2D eigenvalue weighted by Crippen LogP contribution is 2.67. The summed E-state index contributed by atoms with van der Waals surface area (Å²) in [5, 5.41) is 1.08. The molecule has 1 fully saturated rings. The quantitative estimate of drug-likeness (QED) is 0.144. The molecule has 1 saturated heterocycles. The zero-order chi connectivity index (χ0) is 33.5. The maximum atomic E-state index is 14.6. The van der Waals surface area contributed by atoms with Gasteiger partial charge in [0.15, 0.2) is 10.3 Å². The normalized spacial score (nSPS) is 22.1. The van der Waals surface area contributed by atoms with Crippen LogP contribution in [0.2, 0.25) is 10.0 Å². The number of nitrogens with zero attached hydrogens (tertiary/aromatic N) is 3. The van der Waals surface area contributed by atoms with E-state index in [4.69, 9.17) is 37.7 Å². The fourth-order valence-corrected chi connectivity index (χ4v) is 8.54. The van der Waals surface area contributed by atoms with Crippen LogP contribution in [0.15, 0.2) is 123 Å². The number of carbonyl (C=O) groups excluding carboxylic acids is 2. The van der Waals surface area contributed by atoms with Crippen molar-refractivity contribution in [1.29, 1.82) is 0 Å². The molecule has 7 nitrogen and oxygen atoms in total. The van der Waals surface area contributed by atoms with Gasteiger partial charge in [0.25, 0.3) is 0 Å². The largest absolute Gasteiger partial charge is 0.468 e. The molecule has 0 aliphatic carbocycles. The summed E-state index contributed by atoms with van der Waals surface area (Å²) in [7, 11) is 2.72. The van der Waals surface area contributed by atoms with Gasteiger partial charge in [-0.3, -0.25) is 9.69 Å². The molecule has 4 aromatic rings. The van der Waals surface area contributed by atoms with E-state index in [1.807, 2.05) is 72.5 Å². The number of carbonyl (C=O) groups is 2. The smallest absolute Gasteiger partial charge is 0.335 e. The molecule has 4 aromatic carbocycles. The third-order valence-electron chi connectivity index (χ3n) is 8.52. The number of ether oxygens (including phenoxy) is 2. The van der Waals surface area contributed by atoms with Gasteiger partial charge in [0.2, 0.25) is 0 Å². The lowest BCUT2D eigenvalue weighted by atomic mass is 9.79. The number of para-hydroxylation sites is 1. The average Bonchev–Trinajstić information content (AvgIpc) is 3.52. The number of amidine groups is 1. The molecule has 1 spiro atoms. The molecule has 0 unspecified atom stereocenters. The molecule has 47 heavy (non-hydrogen) atoms. The van der Waals surface area contributed by atoms with E-state index in [2.05, 4.69) is 20.8 Å². The summed E-state index contributed by atoms with van der Waals surface area (Å²) in [6.07, 6.45) is 0. The molecule has 2 heterocycles. The van der Waals surface area contributed by atoms with Crippen LogP contribution >= 0.6 is 50.9 Å². The van der Waals surface area contributed by atoms with Crippen molar-refractivity contribution in [1.82, 2.24) is 0 Å². The Kier molecular flexibility index (Phi) is 9.19. The molecule has 0 N–H and O–H groups in total. The summed E-state index contributed by atoms with van der Waals surface area (Å²) in [4.78, 5) is 37.2. The number of hydrogen-bond acceptors (Lipinski definition) is 7. The van der Waals surface area contributed by atoms with Crippen molar-refractivity contribution >= 4 is 85.7 Å². The summed E-state index contributed by atoms with van der Waals surface area (Å²) < 4.78 is 12.0. The molecule has 0 amide bonds. The van der Waals surface area contributed by atoms with Gasteiger partial charge in [-0.15, -0.1) is 0 Å². The fourth-order valence-electron chi connectivity index (χ4n) is 6.28. The van der Waals surface area contributed by atoms with E-state index < -0.39 is 22.2 Å². The zero-order valence-corrected chi connectivity index (χ0v) is 29.9. The van der Waals surface area contributed by atoms with E-state index in [1.165, 1.54) is 26.0 Å². The Hall–Kier alpha value is -3.76. The van der Waals surface area contributed by atoms with Gasteiger partial charge < -0.3 is 14.4 Å². The number of fused-ring (bicyclic) bond motifs is 1. The second kappa shape index (κ2) is 13.0. The number of hydrogen-bond donors (Lipinski definition) is 0. The van der Waals surface area contributed by atoms with Crippen LogP contribution in [0.1, 0.15) is 19.4 Å². The molecule has 0 radical (unpaired) electrons. The van der Waals surface area contributed by atoms with Crippen LogP contribution in [0.25, 0.3) is 0 Å². The van der Waals surface area contributed by atoms with Crippen LogP contribution in [-0.2, 0) is 25.6 Å². The third-order valence-corrected chi connectivity index (χ3v) is 11.2. The first-order valence-electron chi connectivity index (χ1n) is 14.6. The second-order valence-electron chi connectivity index (χ2n) is 11.2. The number of benzene rings is 4. The first-order chi connectivity index (χ1) is 22.5. The van der Waals surface area contributed by atoms with E-state index in [0.717, 1.165) is 20.6 Å². The lowest BCUT2D eigenvalue weighted by Gasteiger charge is -2.45. The zero-order valence-electron chi connectivity index (χ0n) is 26.0. The molecule has 2 aliphatic rings. The molecule has 0 bridgehead atoms. The van der Waals surface area contributed by atoms with Gasteiger partial charge in [-0.05, 0) is 92.2 Å². The minimum absolute atomic E-state index is 0.306. The molecular weight excluding hydrogens is 721 g/mol. The number of methoxy groups -OCH3 is 2. The predicted molar refractivity (Wildman–Crippen MR) is 193 cm³/mol. The Morgan fingerprint density at radius 1 is 0.872 bits per heavy atom. The highest BCUT2D eigenvalue weighted by atomic mass is 79.9. The molecule has 11 heteroatoms. The van der Waals surface area contributed by atoms with E-state index >= 15 is 0 Å². The summed E-state index contributed by atoms with van der Waals surface area (Å²) in [5.74, 6) is -0.718. The lowest BCUT2D eigenvalue weighted by molar-refractivity contribution is -0.148. The van der Waals surface area contributed by atoms with Crippen molar-refractivity contribution in [3.63, 3.8) is 0 Å². The van der Waals surface area contributed by atoms with Gasteiger partial charge in [-0.25, -0.2) is 9.79 Å². The van der Waals surface area contributed by atoms with Crippen molar-refractivity contribution in [3.05, 3.63) is 128 Å². The number of rotatable bonds is 6. The van der Waals surface area contributed by atoms with Crippen LogP contribution in [0, 0.1) is 5.41 Å². The van der Waals surface area contributed by atoms with Crippen LogP contribution in [0.5, 0.6) is 0 Å². The number of aliphatic imine (C=N–C) groups is 1. The van der Waals surface area contributed by atoms with Gasteiger partial charge in [0, 0.05) is 31.6 Å². The first-order valence-corrected chi connectivity index (χ1v) is 17.0. The molecule has 2 atom stereocenters. The fraction of sp³-hybridized carbons (Fsp3) is 0.194. The number of esters is 2. The SMILES string of the molecule is COC(=O)/C(C)=C1/N(c2ccc(Cl)cc2)C(=Nc2ccc(Cl)cc2)[C@@](C)(C(=O)OC)[C@@]12Sc1ccccc1N2Cc1ccc(Br)cc1. The van der Waals surface area contributed by atoms with Crippen LogP contribution in [0.3, 0.4) is 0 Å². The summed E-state index contributed by atoms with van der Waals surface area (Å²) in [6.45, 7) is 3.95. The van der Waals surface area contributed by atoms with E-state index in [1.54, 1.807) is 43.3 Å². The Morgan fingerprint density at radius 3 is 2.11 bits per heavy atom. The van der Waals surface area contributed by atoms with Gasteiger partial charge in [-0.2, -0.15) is 0 Å². The first kappa shape index (κ1) is 33.2. The number of thioether (sulfide) groups is 1. The highest BCUT2D eigenvalue weighted by Gasteiger charge is 2.73. The lowest BCUT2D eigenvalue weighted by Crippen LogP contribution is -2.58. The Labute approximate surface area is 296 Å². The molecule has 2 aliphatic heterocycles. The second-order valence-corrected chi connectivity index (χ2v) is 14.3. The number of anilines is 2. The number of halogens is 3. The minimum atomic E-state index is -1.51. The van der Waals surface area contributed by atoms with E-state index in [0.29, 0.717) is 45.1 Å². The maximum Gasteiger partial charge on any atom is 0.335 e. The molecule has 6 rings (SSSR count). The standard InChI is InChI=1S/C36H30BrCl2N3O4S/c1-22(32(43)45-3)31-36(41(21-23-9-11-24(37)12-10-23)29-7-5-6-8-30(29)47-36)35(2,34(44)46-4)33(40-27-17-13-25(38)14-18-27)42(31)28-19-15-26(39)16-20-28/h5-20H,21H2,1-4H3/b31-22+,40-33?/t35-,36-/m0/s1. The average molecular weight is 752 g/mol. The van der Waals surface area contributed by atoms with Crippen molar-refractivity contribution in [2.75, 3.05) is 24.0 Å². The van der Waals surface area contributed by atoms with Crippen molar-refractivity contribution in [3.8, 4) is 0 Å². The summed E-state index contributed by atoms with van der Waals surface area (Å²) in [6, 6.07) is 30.3. The van der Waals surface area contributed by atoms with Crippen molar-refractivity contribution in [2.24, 2.45) is 10.4 Å². The highest BCUT2D eigenvalue weighted by molar-refractivity contribution is 9.10. The van der Waals surface area contributed by atoms with E-state index in [-0.39, 0.29) is 0 Å². The van der Waals surface area contributed by atoms with Gasteiger partial charge in [0.1, 0.15) is 5.84 Å². The predicted octanol–water partition coefficient (Wildman–Crippen LogP) is 9.44. The summed E-state index contributed by atoms with van der Waals surface area (Å²) >= 11 is 17.7. The Morgan fingerprint density at radius 2 is 1.49 bits per heavy atom. The maximum absolute atomic E-state index is 14.6. The minimum Gasteiger partial charge on any atom is -0.468 e. The Balaban J connectivity index is 1.76. The van der Waals surface area contributed by atoms with Gasteiger partial charge in [0.05, 0.1) is 36.9 Å². The van der Waals surface area contributed by atoms with Gasteiger partial charge >= 0.3 is 11.9 Å². The van der Waals surface area contributed by atoms with Crippen molar-refractivity contribution in [2.45, 2.75) is 30.2 Å². The molecule has 0 saturated carbocycles. The molecular formula is C36H30BrCl2N3O4S. The molecule has 0 aromatic heterocycles. The van der Waals surface area contributed by atoms with Crippen LogP contribution < -0.4 is 9.80 Å².